The van der Waals surface area contributed by atoms with Gasteiger partial charge in [0.25, 0.3) is 0 Å². The highest BCUT2D eigenvalue weighted by Crippen LogP contribution is 2.20. The minimum atomic E-state index is -0.248. The Kier molecular flexibility index (Phi) is 1.93. The highest BCUT2D eigenvalue weighted by Gasteiger charge is 2.22. The van der Waals surface area contributed by atoms with Crippen molar-refractivity contribution in [1.29, 1.82) is 5.26 Å². The van der Waals surface area contributed by atoms with Crippen LogP contribution >= 0.6 is 0 Å². The maximum Gasteiger partial charge on any atom is 0.162 e. The van der Waals surface area contributed by atoms with Gasteiger partial charge in [-0.05, 0) is 12.1 Å². The zero-order valence-corrected chi connectivity index (χ0v) is 6.96. The quantitative estimate of drug-likeness (QED) is 0.648. The first kappa shape index (κ1) is 7.74. The summed E-state index contributed by atoms with van der Waals surface area (Å²) >= 11 is 0. The van der Waals surface area contributed by atoms with E-state index in [-0.39, 0.29) is 6.04 Å². The van der Waals surface area contributed by atoms with Crippen LogP contribution in [0.25, 0.3) is 0 Å². The summed E-state index contributed by atoms with van der Waals surface area (Å²) in [5.74, 6) is 0. The summed E-state index contributed by atoms with van der Waals surface area (Å²) in [6.45, 7) is 0.464. The molecule has 4 heteroatoms. The van der Waals surface area contributed by atoms with Gasteiger partial charge >= 0.3 is 0 Å². The SMILES string of the molecule is N#CC1CN=NN1c1ccccc1. The van der Waals surface area contributed by atoms with Crippen molar-refractivity contribution < 1.29 is 0 Å². The van der Waals surface area contributed by atoms with Gasteiger partial charge < -0.3 is 0 Å². The average molecular weight is 172 g/mol. The molecule has 13 heavy (non-hydrogen) atoms. The van der Waals surface area contributed by atoms with E-state index in [1.54, 1.807) is 5.01 Å². The van der Waals surface area contributed by atoms with Crippen LogP contribution in [0.4, 0.5) is 5.69 Å². The molecule has 1 aliphatic heterocycles. The first-order chi connectivity index (χ1) is 6.42. The number of para-hydroxylation sites is 1. The monoisotopic (exact) mass is 172 g/mol. The smallest absolute Gasteiger partial charge is 0.162 e. The van der Waals surface area contributed by atoms with Crippen molar-refractivity contribution in [2.24, 2.45) is 10.3 Å². The predicted molar refractivity (Wildman–Crippen MR) is 48.0 cm³/mol. The van der Waals surface area contributed by atoms with E-state index in [4.69, 9.17) is 5.26 Å². The lowest BCUT2D eigenvalue weighted by Gasteiger charge is -2.15. The molecule has 1 unspecified atom stereocenters. The van der Waals surface area contributed by atoms with Crippen molar-refractivity contribution >= 4 is 5.69 Å². The van der Waals surface area contributed by atoms with Gasteiger partial charge in [0.2, 0.25) is 0 Å². The predicted octanol–water partition coefficient (Wildman–Crippen LogP) is 1.77. The lowest BCUT2D eigenvalue weighted by Crippen LogP contribution is -2.26. The second-order valence-corrected chi connectivity index (χ2v) is 2.74. The zero-order chi connectivity index (χ0) is 9.10. The summed E-state index contributed by atoms with van der Waals surface area (Å²) in [6.07, 6.45) is 0. The van der Waals surface area contributed by atoms with Crippen LogP contribution in [0.1, 0.15) is 0 Å². The van der Waals surface area contributed by atoms with Gasteiger partial charge in [-0.25, -0.2) is 5.01 Å². The summed E-state index contributed by atoms with van der Waals surface area (Å²) < 4.78 is 0. The Bertz CT molecular complexity index is 352. The van der Waals surface area contributed by atoms with Crippen molar-refractivity contribution in [1.82, 2.24) is 0 Å². The fourth-order valence-electron chi connectivity index (χ4n) is 1.23. The molecule has 0 saturated carbocycles. The summed E-state index contributed by atoms with van der Waals surface area (Å²) in [7, 11) is 0. The molecular weight excluding hydrogens is 164 g/mol. The van der Waals surface area contributed by atoms with Gasteiger partial charge in [0.05, 0.1) is 18.3 Å². The molecule has 0 spiro atoms. The first-order valence-electron chi connectivity index (χ1n) is 4.03. The first-order valence-corrected chi connectivity index (χ1v) is 4.03. The lowest BCUT2D eigenvalue weighted by atomic mass is 10.2. The standard InChI is InChI=1S/C9H8N4/c10-6-9-7-11-12-13(9)8-4-2-1-3-5-8/h1-5,9H,7H2. The van der Waals surface area contributed by atoms with Crippen LogP contribution in [0, 0.1) is 11.3 Å². The number of hydrogen-bond acceptors (Lipinski definition) is 4. The number of anilines is 1. The van der Waals surface area contributed by atoms with E-state index >= 15 is 0 Å². The topological polar surface area (TPSA) is 51.8 Å². The minimum absolute atomic E-state index is 0.248. The molecule has 4 nitrogen and oxygen atoms in total. The van der Waals surface area contributed by atoms with Crippen molar-refractivity contribution in [2.75, 3.05) is 11.6 Å². The second kappa shape index (κ2) is 3.23. The number of benzene rings is 1. The van der Waals surface area contributed by atoms with Gasteiger partial charge in [0.15, 0.2) is 6.04 Å². The Balaban J connectivity index is 2.27. The van der Waals surface area contributed by atoms with E-state index in [0.29, 0.717) is 6.54 Å². The molecule has 2 rings (SSSR count). The number of nitrogens with zero attached hydrogens (tertiary/aromatic N) is 4. The molecular formula is C9H8N4. The maximum absolute atomic E-state index is 8.79. The molecule has 0 saturated heterocycles. The van der Waals surface area contributed by atoms with E-state index in [9.17, 15) is 0 Å². The fourth-order valence-corrected chi connectivity index (χ4v) is 1.23. The van der Waals surface area contributed by atoms with Crippen molar-refractivity contribution in [3.05, 3.63) is 30.3 Å². The highest BCUT2D eigenvalue weighted by atomic mass is 15.6. The summed E-state index contributed by atoms with van der Waals surface area (Å²) in [4.78, 5) is 0. The molecule has 0 aromatic heterocycles. The van der Waals surface area contributed by atoms with E-state index in [0.717, 1.165) is 5.69 Å². The normalized spacial score (nSPS) is 20.2. The van der Waals surface area contributed by atoms with Crippen LogP contribution in [-0.4, -0.2) is 12.6 Å². The molecule has 1 aromatic rings. The molecule has 1 heterocycles. The van der Waals surface area contributed by atoms with Gasteiger partial charge in [0, 0.05) is 0 Å². The second-order valence-electron chi connectivity index (χ2n) is 2.74. The third-order valence-electron chi connectivity index (χ3n) is 1.88. The molecule has 0 radical (unpaired) electrons. The third kappa shape index (κ3) is 1.36. The number of rotatable bonds is 1. The third-order valence-corrected chi connectivity index (χ3v) is 1.88. The van der Waals surface area contributed by atoms with Crippen LogP contribution < -0.4 is 5.01 Å². The molecule has 1 aliphatic rings. The van der Waals surface area contributed by atoms with Crippen LogP contribution in [0.5, 0.6) is 0 Å². The Morgan fingerprint density at radius 1 is 1.38 bits per heavy atom. The summed E-state index contributed by atoms with van der Waals surface area (Å²) in [5, 5.41) is 18.1. The number of nitriles is 1. The Hall–Kier alpha value is -1.89. The Morgan fingerprint density at radius 3 is 2.85 bits per heavy atom. The fraction of sp³-hybridized carbons (Fsp3) is 0.222. The molecule has 0 N–H and O–H groups in total. The van der Waals surface area contributed by atoms with Gasteiger partial charge in [-0.2, -0.15) is 10.4 Å². The molecule has 64 valence electrons. The molecule has 1 aromatic carbocycles. The molecule has 1 atom stereocenters. The summed E-state index contributed by atoms with van der Waals surface area (Å²) in [6, 6.07) is 11.5. The van der Waals surface area contributed by atoms with Crippen molar-refractivity contribution in [3.63, 3.8) is 0 Å². The van der Waals surface area contributed by atoms with E-state index < -0.39 is 0 Å². The molecule has 0 amide bonds. The van der Waals surface area contributed by atoms with Gasteiger partial charge in [-0.1, -0.05) is 23.4 Å². The van der Waals surface area contributed by atoms with E-state index in [2.05, 4.69) is 16.4 Å². The van der Waals surface area contributed by atoms with Gasteiger partial charge in [-0.15, -0.1) is 0 Å². The largest absolute Gasteiger partial charge is 0.228 e. The molecule has 0 bridgehead atoms. The Morgan fingerprint density at radius 2 is 2.15 bits per heavy atom. The zero-order valence-electron chi connectivity index (χ0n) is 6.96. The van der Waals surface area contributed by atoms with Crippen LogP contribution in [0.2, 0.25) is 0 Å². The molecule has 0 aliphatic carbocycles. The van der Waals surface area contributed by atoms with E-state index in [1.807, 2.05) is 30.3 Å². The summed E-state index contributed by atoms with van der Waals surface area (Å²) in [5.41, 5.74) is 0.912. The Labute approximate surface area is 76.1 Å². The maximum atomic E-state index is 8.79. The van der Waals surface area contributed by atoms with E-state index in [1.165, 1.54) is 0 Å². The van der Waals surface area contributed by atoms with Gasteiger partial charge in [0.1, 0.15) is 0 Å². The van der Waals surface area contributed by atoms with Crippen LogP contribution in [0.3, 0.4) is 0 Å². The minimum Gasteiger partial charge on any atom is -0.228 e. The average Bonchev–Trinajstić information content (AvgIpc) is 2.67. The molecule has 0 fully saturated rings. The van der Waals surface area contributed by atoms with Crippen LogP contribution in [0.15, 0.2) is 40.7 Å². The lowest BCUT2D eigenvalue weighted by molar-refractivity contribution is 0.825. The van der Waals surface area contributed by atoms with Crippen molar-refractivity contribution in [3.8, 4) is 6.07 Å². The number of hydrogen-bond donors (Lipinski definition) is 0. The van der Waals surface area contributed by atoms with Gasteiger partial charge in [-0.3, -0.25) is 0 Å². The highest BCUT2D eigenvalue weighted by molar-refractivity contribution is 5.48. The van der Waals surface area contributed by atoms with Crippen molar-refractivity contribution in [2.45, 2.75) is 6.04 Å². The van der Waals surface area contributed by atoms with Crippen LogP contribution in [-0.2, 0) is 0 Å².